The van der Waals surface area contributed by atoms with Gasteiger partial charge in [0, 0.05) is 23.6 Å². The first-order valence-electron chi connectivity index (χ1n) is 6.40. The number of carbonyl (C=O) groups excluding carboxylic acids is 1. The minimum absolute atomic E-state index is 0. The number of likely N-dealkylation sites (N-methyl/N-ethyl adjacent to an activating group) is 1. The van der Waals surface area contributed by atoms with Crippen LogP contribution in [0.2, 0.25) is 0 Å². The maximum atomic E-state index is 12.1. The number of hydrogen-bond acceptors (Lipinski definition) is 3. The molecule has 0 aliphatic carbocycles. The lowest BCUT2D eigenvalue weighted by molar-refractivity contribution is 0.0978. The van der Waals surface area contributed by atoms with Gasteiger partial charge < -0.3 is 15.6 Å². The Labute approximate surface area is 142 Å². The molecule has 1 heterocycles. The largest absolute Gasteiger partial charge is 0.370 e. The first-order valence-corrected chi connectivity index (χ1v) is 6.40. The van der Waals surface area contributed by atoms with E-state index in [1.807, 2.05) is 43.3 Å². The molecule has 0 fully saturated rings. The third-order valence-corrected chi connectivity index (χ3v) is 2.90. The van der Waals surface area contributed by atoms with Gasteiger partial charge in [0.1, 0.15) is 0 Å². The highest BCUT2D eigenvalue weighted by atomic mass is 35.5. The van der Waals surface area contributed by atoms with Crippen molar-refractivity contribution in [3.05, 3.63) is 36.0 Å². The zero-order valence-electron chi connectivity index (χ0n) is 12.5. The van der Waals surface area contributed by atoms with Crippen molar-refractivity contribution in [3.8, 4) is 0 Å². The summed E-state index contributed by atoms with van der Waals surface area (Å²) < 4.78 is 0. The van der Waals surface area contributed by atoms with Crippen LogP contribution in [0, 0.1) is 0 Å². The molecule has 122 valence electrons. The van der Waals surface area contributed by atoms with Crippen molar-refractivity contribution in [1.29, 1.82) is 0 Å². The molecule has 0 bridgehead atoms. The van der Waals surface area contributed by atoms with Gasteiger partial charge in [-0.05, 0) is 20.2 Å². The topological polar surface area (TPSA) is 86.5 Å². The van der Waals surface area contributed by atoms with Crippen LogP contribution in [-0.2, 0) is 0 Å². The normalized spacial score (nSPS) is 11.0. The molecule has 0 spiro atoms. The molecular weight excluding hydrogens is 325 g/mol. The summed E-state index contributed by atoms with van der Waals surface area (Å²) in [4.78, 5) is 21.3. The summed E-state index contributed by atoms with van der Waals surface area (Å²) in [5.41, 5.74) is 7.18. The van der Waals surface area contributed by atoms with E-state index in [2.05, 4.69) is 15.3 Å². The van der Waals surface area contributed by atoms with Crippen LogP contribution < -0.4 is 11.1 Å². The highest BCUT2D eigenvalue weighted by molar-refractivity contribution is 6.12. The van der Waals surface area contributed by atoms with Gasteiger partial charge in [0.05, 0.1) is 12.1 Å². The van der Waals surface area contributed by atoms with Crippen molar-refractivity contribution < 1.29 is 4.79 Å². The van der Waals surface area contributed by atoms with Gasteiger partial charge in [-0.15, -0.1) is 24.8 Å². The van der Waals surface area contributed by atoms with Crippen molar-refractivity contribution in [3.63, 3.8) is 0 Å². The van der Waals surface area contributed by atoms with Crippen molar-refractivity contribution in [2.75, 3.05) is 27.2 Å². The minimum atomic E-state index is -0.256. The lowest BCUT2D eigenvalue weighted by atomic mass is 10.1. The van der Waals surface area contributed by atoms with Gasteiger partial charge in [0.25, 0.3) is 5.91 Å². The summed E-state index contributed by atoms with van der Waals surface area (Å²) >= 11 is 0. The number of hydrogen-bond donors (Lipinski definition) is 3. The fourth-order valence-corrected chi connectivity index (χ4v) is 1.85. The molecule has 6 nitrogen and oxygen atoms in total. The van der Waals surface area contributed by atoms with Gasteiger partial charge >= 0.3 is 0 Å². The van der Waals surface area contributed by atoms with E-state index in [9.17, 15) is 4.79 Å². The molecule has 2 rings (SSSR count). The summed E-state index contributed by atoms with van der Waals surface area (Å²) in [6, 6.07) is 7.61. The number of halogens is 2. The lowest BCUT2D eigenvalue weighted by Crippen LogP contribution is -2.37. The van der Waals surface area contributed by atoms with E-state index in [0.29, 0.717) is 12.1 Å². The number of aliphatic imine (C=N–C) groups is 1. The molecule has 0 unspecified atom stereocenters. The first kappa shape index (κ1) is 20.2. The van der Waals surface area contributed by atoms with Crippen LogP contribution >= 0.6 is 24.8 Å². The van der Waals surface area contributed by atoms with Crippen molar-refractivity contribution in [2.45, 2.75) is 0 Å². The van der Waals surface area contributed by atoms with E-state index in [1.54, 1.807) is 6.20 Å². The number of nitrogens with one attached hydrogen (secondary N) is 2. The monoisotopic (exact) mass is 345 g/mol. The van der Waals surface area contributed by atoms with E-state index in [-0.39, 0.29) is 36.7 Å². The standard InChI is InChI=1S/C14H19N5O.2ClH/c1-19(2)8-7-16-14(15)18-13(20)11-9-17-12-6-4-3-5-10(11)12;;/h3-6,9,17H,7-8H2,1-2H3,(H3,15,16,18,20);2*1H. The number of H-pyrrole nitrogens is 1. The van der Waals surface area contributed by atoms with Crippen molar-refractivity contribution in [1.82, 2.24) is 15.2 Å². The van der Waals surface area contributed by atoms with Crippen LogP contribution in [0.4, 0.5) is 0 Å². The molecule has 1 aromatic carbocycles. The number of amides is 1. The van der Waals surface area contributed by atoms with Crippen LogP contribution in [0.15, 0.2) is 35.5 Å². The summed E-state index contributed by atoms with van der Waals surface area (Å²) in [6.07, 6.45) is 1.67. The Kier molecular flexibility index (Phi) is 8.55. The van der Waals surface area contributed by atoms with Gasteiger partial charge in [0.15, 0.2) is 5.96 Å². The Morgan fingerprint density at radius 3 is 2.68 bits per heavy atom. The van der Waals surface area contributed by atoms with E-state index in [1.165, 1.54) is 0 Å². The van der Waals surface area contributed by atoms with Crippen LogP contribution in [0.3, 0.4) is 0 Å². The lowest BCUT2D eigenvalue weighted by Gasteiger charge is -2.07. The number of aromatic amines is 1. The predicted molar refractivity (Wildman–Crippen MR) is 95.3 cm³/mol. The fourth-order valence-electron chi connectivity index (χ4n) is 1.85. The number of rotatable bonds is 4. The van der Waals surface area contributed by atoms with Gasteiger partial charge in [-0.2, -0.15) is 0 Å². The van der Waals surface area contributed by atoms with Gasteiger partial charge in [-0.3, -0.25) is 15.1 Å². The zero-order valence-corrected chi connectivity index (χ0v) is 14.1. The molecule has 22 heavy (non-hydrogen) atoms. The molecule has 1 amide bonds. The molecular formula is C14H21Cl2N5O. The molecule has 0 radical (unpaired) electrons. The summed E-state index contributed by atoms with van der Waals surface area (Å²) in [6.45, 7) is 1.33. The highest BCUT2D eigenvalue weighted by Crippen LogP contribution is 2.17. The van der Waals surface area contributed by atoms with E-state index >= 15 is 0 Å². The molecule has 0 saturated heterocycles. The number of para-hydroxylation sites is 1. The maximum Gasteiger partial charge on any atom is 0.260 e. The second kappa shape index (κ2) is 9.30. The van der Waals surface area contributed by atoms with Crippen LogP contribution in [0.5, 0.6) is 0 Å². The molecule has 0 saturated carbocycles. The Balaban J connectivity index is 0.00000220. The molecule has 2 aromatic rings. The number of carbonyl (C=O) groups is 1. The number of fused-ring (bicyclic) bond motifs is 1. The quantitative estimate of drug-likeness (QED) is 0.581. The number of aromatic nitrogens is 1. The van der Waals surface area contributed by atoms with E-state index in [4.69, 9.17) is 5.73 Å². The average Bonchev–Trinajstić information content (AvgIpc) is 2.82. The number of benzene rings is 1. The molecule has 0 atom stereocenters. The molecule has 4 N–H and O–H groups in total. The summed E-state index contributed by atoms with van der Waals surface area (Å²) in [5.74, 6) is -0.115. The van der Waals surface area contributed by atoms with E-state index in [0.717, 1.165) is 17.4 Å². The highest BCUT2D eigenvalue weighted by Gasteiger charge is 2.12. The fraction of sp³-hybridized carbons (Fsp3) is 0.286. The van der Waals surface area contributed by atoms with Gasteiger partial charge in [0.2, 0.25) is 0 Å². The Bertz CT molecular complexity index is 639. The molecule has 0 aliphatic rings. The molecule has 0 aliphatic heterocycles. The zero-order chi connectivity index (χ0) is 14.5. The van der Waals surface area contributed by atoms with Gasteiger partial charge in [-0.25, -0.2) is 0 Å². The van der Waals surface area contributed by atoms with Crippen LogP contribution in [0.25, 0.3) is 10.9 Å². The van der Waals surface area contributed by atoms with Crippen molar-refractivity contribution >= 4 is 47.6 Å². The second-order valence-corrected chi connectivity index (χ2v) is 4.77. The Hall–Kier alpha value is -1.76. The number of guanidine groups is 1. The van der Waals surface area contributed by atoms with Crippen LogP contribution in [0.1, 0.15) is 10.4 Å². The van der Waals surface area contributed by atoms with E-state index < -0.39 is 0 Å². The third kappa shape index (κ3) is 5.22. The minimum Gasteiger partial charge on any atom is -0.370 e. The Morgan fingerprint density at radius 2 is 2.00 bits per heavy atom. The number of nitrogens with two attached hydrogens (primary N) is 1. The average molecular weight is 346 g/mol. The SMILES string of the molecule is CN(C)CCN=C(N)NC(=O)c1c[nH]c2ccccc12.Cl.Cl. The third-order valence-electron chi connectivity index (χ3n) is 2.90. The molecule has 8 heteroatoms. The second-order valence-electron chi connectivity index (χ2n) is 4.77. The maximum absolute atomic E-state index is 12.1. The van der Waals surface area contributed by atoms with Crippen LogP contribution in [-0.4, -0.2) is 48.9 Å². The number of nitrogens with zero attached hydrogens (tertiary/aromatic N) is 2. The summed E-state index contributed by atoms with van der Waals surface area (Å²) in [5, 5.41) is 3.47. The summed E-state index contributed by atoms with van der Waals surface area (Å²) in [7, 11) is 3.91. The Morgan fingerprint density at radius 1 is 1.32 bits per heavy atom. The van der Waals surface area contributed by atoms with Crippen molar-refractivity contribution in [2.24, 2.45) is 10.7 Å². The van der Waals surface area contributed by atoms with Gasteiger partial charge in [-0.1, -0.05) is 18.2 Å². The smallest absolute Gasteiger partial charge is 0.260 e. The predicted octanol–water partition coefficient (Wildman–Crippen LogP) is 1.62. The first-order chi connectivity index (χ1) is 9.58. The molecule has 1 aromatic heterocycles.